The molecule has 0 aliphatic heterocycles. The van der Waals surface area contributed by atoms with Gasteiger partial charge in [0.25, 0.3) is 0 Å². The van der Waals surface area contributed by atoms with E-state index in [-0.39, 0.29) is 21.8 Å². The normalized spacial score (nSPS) is 11.4. The maximum absolute atomic E-state index is 12.6. The molecule has 0 saturated carbocycles. The number of alkyl halides is 3. The van der Waals surface area contributed by atoms with Crippen LogP contribution in [0.25, 0.3) is 11.3 Å². The second-order valence-corrected chi connectivity index (χ2v) is 4.19. The van der Waals surface area contributed by atoms with E-state index in [0.29, 0.717) is 6.29 Å². The third kappa shape index (κ3) is 2.93. The molecular weight excluding hydrogens is 279 g/mol. The summed E-state index contributed by atoms with van der Waals surface area (Å²) >= 11 is 5.71. The van der Waals surface area contributed by atoms with Crippen LogP contribution >= 0.6 is 11.6 Å². The maximum Gasteiger partial charge on any atom is 0.416 e. The lowest BCUT2D eigenvalue weighted by atomic mass is 10.1. The van der Waals surface area contributed by atoms with Crippen LogP contribution in [0.5, 0.6) is 0 Å². The molecule has 0 amide bonds. The first-order valence-corrected chi connectivity index (χ1v) is 5.58. The van der Waals surface area contributed by atoms with Crippen molar-refractivity contribution in [1.82, 2.24) is 4.98 Å². The lowest BCUT2D eigenvalue weighted by Gasteiger charge is -2.08. The van der Waals surface area contributed by atoms with Crippen LogP contribution in [0, 0.1) is 0 Å². The third-order valence-corrected chi connectivity index (χ3v) is 2.81. The number of hydrogen-bond acceptors (Lipinski definition) is 2. The molecule has 19 heavy (non-hydrogen) atoms. The number of pyridine rings is 1. The SMILES string of the molecule is O=Cc1cc(-c2cccc(C(F)(F)F)c2)ncc1Cl. The van der Waals surface area contributed by atoms with Crippen molar-refractivity contribution in [3.8, 4) is 11.3 Å². The first kappa shape index (κ1) is 13.5. The van der Waals surface area contributed by atoms with E-state index in [1.165, 1.54) is 24.4 Å². The van der Waals surface area contributed by atoms with Crippen LogP contribution in [-0.2, 0) is 6.18 Å². The number of aromatic nitrogens is 1. The second-order valence-electron chi connectivity index (χ2n) is 3.79. The molecule has 2 aromatic rings. The molecule has 0 bridgehead atoms. The molecule has 0 fully saturated rings. The Morgan fingerprint density at radius 2 is 1.95 bits per heavy atom. The lowest BCUT2D eigenvalue weighted by molar-refractivity contribution is -0.137. The van der Waals surface area contributed by atoms with Crippen LogP contribution in [-0.4, -0.2) is 11.3 Å². The number of halogens is 4. The summed E-state index contributed by atoms with van der Waals surface area (Å²) in [6, 6.07) is 6.07. The van der Waals surface area contributed by atoms with Gasteiger partial charge in [0.2, 0.25) is 0 Å². The summed E-state index contributed by atoms with van der Waals surface area (Å²) in [5.41, 5.74) is -0.0503. The average molecular weight is 286 g/mol. The molecule has 0 unspecified atom stereocenters. The van der Waals surface area contributed by atoms with Crippen molar-refractivity contribution in [2.45, 2.75) is 6.18 Å². The molecule has 0 atom stereocenters. The maximum atomic E-state index is 12.6. The first-order valence-electron chi connectivity index (χ1n) is 5.20. The predicted octanol–water partition coefficient (Wildman–Crippen LogP) is 4.23. The first-order chi connectivity index (χ1) is 8.91. The molecule has 0 aliphatic carbocycles. The summed E-state index contributed by atoms with van der Waals surface area (Å²) in [4.78, 5) is 14.7. The molecule has 6 heteroatoms. The number of rotatable bonds is 2. The van der Waals surface area contributed by atoms with E-state index in [2.05, 4.69) is 4.98 Å². The van der Waals surface area contributed by atoms with Gasteiger partial charge >= 0.3 is 6.18 Å². The van der Waals surface area contributed by atoms with Gasteiger partial charge in [-0.2, -0.15) is 13.2 Å². The summed E-state index contributed by atoms with van der Waals surface area (Å²) in [5, 5.41) is 0.158. The monoisotopic (exact) mass is 285 g/mol. The summed E-state index contributed by atoms with van der Waals surface area (Å²) < 4.78 is 37.8. The summed E-state index contributed by atoms with van der Waals surface area (Å²) in [6.07, 6.45) is -2.65. The average Bonchev–Trinajstić information content (AvgIpc) is 2.38. The Balaban J connectivity index is 2.50. The Morgan fingerprint density at radius 1 is 1.21 bits per heavy atom. The summed E-state index contributed by atoms with van der Waals surface area (Å²) in [6.45, 7) is 0. The van der Waals surface area contributed by atoms with Crippen molar-refractivity contribution in [1.29, 1.82) is 0 Å². The van der Waals surface area contributed by atoms with Crippen molar-refractivity contribution in [2.75, 3.05) is 0 Å². The molecule has 0 N–H and O–H groups in total. The topological polar surface area (TPSA) is 30.0 Å². The highest BCUT2D eigenvalue weighted by molar-refractivity contribution is 6.32. The van der Waals surface area contributed by atoms with Crippen LogP contribution in [0.4, 0.5) is 13.2 Å². The molecular formula is C13H7ClF3NO. The lowest BCUT2D eigenvalue weighted by Crippen LogP contribution is -2.04. The largest absolute Gasteiger partial charge is 0.416 e. The van der Waals surface area contributed by atoms with E-state index in [0.717, 1.165) is 12.1 Å². The van der Waals surface area contributed by atoms with Gasteiger partial charge in [-0.25, -0.2) is 0 Å². The zero-order chi connectivity index (χ0) is 14.0. The Bertz CT molecular complexity index is 626. The highest BCUT2D eigenvalue weighted by Gasteiger charge is 2.30. The van der Waals surface area contributed by atoms with Crippen LogP contribution in [0.3, 0.4) is 0 Å². The summed E-state index contributed by atoms with van der Waals surface area (Å²) in [7, 11) is 0. The molecule has 0 aliphatic rings. The highest BCUT2D eigenvalue weighted by Crippen LogP contribution is 2.32. The number of carbonyl (C=O) groups is 1. The van der Waals surface area contributed by atoms with Gasteiger partial charge < -0.3 is 0 Å². The number of carbonyl (C=O) groups excluding carboxylic acids is 1. The minimum Gasteiger partial charge on any atom is -0.298 e. The van der Waals surface area contributed by atoms with Gasteiger partial charge in [-0.1, -0.05) is 23.7 Å². The van der Waals surface area contributed by atoms with Gasteiger partial charge in [-0.15, -0.1) is 0 Å². The molecule has 1 aromatic heterocycles. The zero-order valence-electron chi connectivity index (χ0n) is 9.41. The number of benzene rings is 1. The quantitative estimate of drug-likeness (QED) is 0.773. The zero-order valence-corrected chi connectivity index (χ0v) is 10.2. The smallest absolute Gasteiger partial charge is 0.298 e. The van der Waals surface area contributed by atoms with E-state index >= 15 is 0 Å². The minimum atomic E-state index is -4.42. The standard InChI is InChI=1S/C13H7ClF3NO/c14-11-6-18-12(5-9(11)7-19)8-2-1-3-10(4-8)13(15,16)17/h1-7H. The van der Waals surface area contributed by atoms with Gasteiger partial charge in [0, 0.05) is 17.3 Å². The van der Waals surface area contributed by atoms with Gasteiger partial charge in [0.05, 0.1) is 16.3 Å². The fourth-order valence-electron chi connectivity index (χ4n) is 1.56. The summed E-state index contributed by atoms with van der Waals surface area (Å²) in [5.74, 6) is 0. The number of nitrogens with zero attached hydrogens (tertiary/aromatic N) is 1. The van der Waals surface area contributed by atoms with E-state index in [9.17, 15) is 18.0 Å². The molecule has 0 radical (unpaired) electrons. The van der Waals surface area contributed by atoms with Crippen LogP contribution in [0.1, 0.15) is 15.9 Å². The minimum absolute atomic E-state index is 0.158. The van der Waals surface area contributed by atoms with Crippen molar-refractivity contribution in [2.24, 2.45) is 0 Å². The Hall–Kier alpha value is -1.88. The van der Waals surface area contributed by atoms with Crippen molar-refractivity contribution >= 4 is 17.9 Å². The van der Waals surface area contributed by atoms with Crippen LogP contribution in [0.15, 0.2) is 36.5 Å². The van der Waals surface area contributed by atoms with Gasteiger partial charge in [-0.05, 0) is 18.2 Å². The van der Waals surface area contributed by atoms with Crippen LogP contribution < -0.4 is 0 Å². The van der Waals surface area contributed by atoms with Gasteiger partial charge in [0.1, 0.15) is 0 Å². The molecule has 98 valence electrons. The Kier molecular flexibility index (Phi) is 3.57. The van der Waals surface area contributed by atoms with Crippen molar-refractivity contribution in [3.05, 3.63) is 52.7 Å². The highest BCUT2D eigenvalue weighted by atomic mass is 35.5. The fourth-order valence-corrected chi connectivity index (χ4v) is 1.71. The van der Waals surface area contributed by atoms with E-state index < -0.39 is 11.7 Å². The Morgan fingerprint density at radius 3 is 2.58 bits per heavy atom. The van der Waals surface area contributed by atoms with Crippen LogP contribution in [0.2, 0.25) is 5.02 Å². The Labute approximate surface area is 111 Å². The van der Waals surface area contributed by atoms with Crippen molar-refractivity contribution in [3.63, 3.8) is 0 Å². The fraction of sp³-hybridized carbons (Fsp3) is 0.0769. The van der Waals surface area contributed by atoms with Gasteiger partial charge in [-0.3, -0.25) is 9.78 Å². The number of aldehydes is 1. The van der Waals surface area contributed by atoms with E-state index in [1.54, 1.807) is 0 Å². The molecule has 1 aromatic carbocycles. The molecule has 2 rings (SSSR count). The molecule has 2 nitrogen and oxygen atoms in total. The van der Waals surface area contributed by atoms with E-state index in [4.69, 9.17) is 11.6 Å². The van der Waals surface area contributed by atoms with E-state index in [1.807, 2.05) is 0 Å². The molecule has 0 spiro atoms. The van der Waals surface area contributed by atoms with Gasteiger partial charge in [0.15, 0.2) is 6.29 Å². The second kappa shape index (κ2) is 5.01. The third-order valence-electron chi connectivity index (χ3n) is 2.50. The number of hydrogen-bond donors (Lipinski definition) is 0. The van der Waals surface area contributed by atoms with Crippen molar-refractivity contribution < 1.29 is 18.0 Å². The molecule has 0 saturated heterocycles. The predicted molar refractivity (Wildman–Crippen MR) is 65.1 cm³/mol. The molecule has 1 heterocycles.